The molecule has 11 nitrogen and oxygen atoms in total. The van der Waals surface area contributed by atoms with Crippen LogP contribution in [0.5, 0.6) is 0 Å². The number of nitrogens with one attached hydrogen (secondary N) is 1. The van der Waals surface area contributed by atoms with Gasteiger partial charge in [0.2, 0.25) is 5.95 Å². The van der Waals surface area contributed by atoms with Gasteiger partial charge in [-0.05, 0) is 6.92 Å². The number of carbonyl (C=O) groups is 1. The zero-order valence-electron chi connectivity index (χ0n) is 17.3. The molecule has 2 N–H and O–H groups in total. The molecule has 0 saturated carbocycles. The maximum Gasteiger partial charge on any atom is 0.491 e. The number of aliphatic hydroxyl groups excluding tert-OH is 1. The molecule has 0 aliphatic carbocycles. The average Bonchev–Trinajstić information content (AvgIpc) is 3.13. The van der Waals surface area contributed by atoms with E-state index in [9.17, 15) is 32.7 Å². The molecule has 3 heterocycles. The summed E-state index contributed by atoms with van der Waals surface area (Å²) < 4.78 is 46.2. The third-order valence-electron chi connectivity index (χ3n) is 4.88. The molecule has 0 radical (unpaired) electrons. The molecule has 1 fully saturated rings. The van der Waals surface area contributed by atoms with Gasteiger partial charge < -0.3 is 20.1 Å². The zero-order chi connectivity index (χ0) is 23.6. The zero-order valence-corrected chi connectivity index (χ0v) is 17.3. The van der Waals surface area contributed by atoms with Gasteiger partial charge in [-0.25, -0.2) is 9.59 Å². The number of nitrogens with zero attached hydrogens (tertiary/aromatic N) is 5. The SMILES string of the molecule is CC#CCn1c(N2CCNCC2OC(=O)C(F)(F)F)nc2c1c(=O)n(CCO)c(=O)n2C. The fraction of sp³-hybridized carbons (Fsp3) is 0.556. The molecule has 0 amide bonds. The van der Waals surface area contributed by atoms with E-state index in [1.54, 1.807) is 6.92 Å². The summed E-state index contributed by atoms with van der Waals surface area (Å²) in [7, 11) is 1.38. The van der Waals surface area contributed by atoms with Crippen LogP contribution in [0, 0.1) is 11.8 Å². The van der Waals surface area contributed by atoms with Crippen LogP contribution >= 0.6 is 0 Å². The Bertz CT molecular complexity index is 1200. The molecule has 0 aromatic carbocycles. The van der Waals surface area contributed by atoms with Crippen molar-refractivity contribution in [3.63, 3.8) is 0 Å². The number of alkyl halides is 3. The number of fused-ring (bicyclic) bond motifs is 1. The van der Waals surface area contributed by atoms with Gasteiger partial charge in [0.1, 0.15) is 0 Å². The van der Waals surface area contributed by atoms with Crippen LogP contribution in [0.4, 0.5) is 19.1 Å². The molecule has 2 aromatic rings. The number of hydrogen-bond acceptors (Lipinski definition) is 8. The standard InChI is InChI=1S/C18H21F3N6O5/c1-3-4-6-26-12-13(24(2)17(31)27(8-9-28)14(12)29)23-16(26)25-7-5-22-10-11(25)32-15(30)18(19,20)21/h11,22,28H,5-10H2,1-2H3. The van der Waals surface area contributed by atoms with Gasteiger partial charge >= 0.3 is 17.8 Å². The van der Waals surface area contributed by atoms with Gasteiger partial charge in [0, 0.05) is 20.1 Å². The Morgan fingerprint density at radius 1 is 1.34 bits per heavy atom. The van der Waals surface area contributed by atoms with Crippen molar-refractivity contribution in [1.82, 2.24) is 24.0 Å². The smallest absolute Gasteiger partial charge is 0.433 e. The predicted octanol–water partition coefficient (Wildman–Crippen LogP) is -1.25. The number of aryl methyl sites for hydroxylation is 1. The van der Waals surface area contributed by atoms with E-state index in [0.717, 1.165) is 9.13 Å². The number of esters is 1. The van der Waals surface area contributed by atoms with Crippen LogP contribution in [-0.2, 0) is 29.7 Å². The highest BCUT2D eigenvalue weighted by atomic mass is 19.4. The van der Waals surface area contributed by atoms with E-state index in [0.29, 0.717) is 6.54 Å². The van der Waals surface area contributed by atoms with E-state index in [1.807, 2.05) is 0 Å². The first-order valence-corrected chi connectivity index (χ1v) is 9.57. The van der Waals surface area contributed by atoms with Crippen LogP contribution in [0.2, 0.25) is 0 Å². The molecule has 1 aliphatic rings. The van der Waals surface area contributed by atoms with Crippen molar-refractivity contribution in [3.05, 3.63) is 20.8 Å². The van der Waals surface area contributed by atoms with E-state index in [2.05, 4.69) is 26.9 Å². The predicted molar refractivity (Wildman–Crippen MR) is 106 cm³/mol. The van der Waals surface area contributed by atoms with Crippen LogP contribution in [0.1, 0.15) is 6.92 Å². The van der Waals surface area contributed by atoms with Gasteiger partial charge in [-0.2, -0.15) is 18.2 Å². The Hall–Kier alpha value is -3.31. The van der Waals surface area contributed by atoms with Gasteiger partial charge in [0.05, 0.1) is 26.2 Å². The number of imidazole rings is 1. The Morgan fingerprint density at radius 3 is 2.69 bits per heavy atom. The topological polar surface area (TPSA) is 124 Å². The number of anilines is 1. The van der Waals surface area contributed by atoms with E-state index in [-0.39, 0.29) is 43.3 Å². The first-order valence-electron chi connectivity index (χ1n) is 9.57. The van der Waals surface area contributed by atoms with Gasteiger partial charge in [-0.15, -0.1) is 5.92 Å². The number of ether oxygens (including phenoxy) is 1. The average molecular weight is 458 g/mol. The lowest BCUT2D eigenvalue weighted by Crippen LogP contribution is -2.55. The summed E-state index contributed by atoms with van der Waals surface area (Å²) in [6, 6.07) is 0. The molecule has 1 saturated heterocycles. The van der Waals surface area contributed by atoms with Crippen molar-refractivity contribution < 1.29 is 27.8 Å². The van der Waals surface area contributed by atoms with Crippen molar-refractivity contribution in [2.45, 2.75) is 32.4 Å². The highest BCUT2D eigenvalue weighted by Gasteiger charge is 2.44. The fourth-order valence-electron chi connectivity index (χ4n) is 3.39. The van der Waals surface area contributed by atoms with Crippen LogP contribution in [0.15, 0.2) is 9.59 Å². The lowest BCUT2D eigenvalue weighted by Gasteiger charge is -2.36. The quantitative estimate of drug-likeness (QED) is 0.421. The molecule has 0 bridgehead atoms. The summed E-state index contributed by atoms with van der Waals surface area (Å²) in [5.41, 5.74) is -1.47. The van der Waals surface area contributed by atoms with Gasteiger partial charge in [0.15, 0.2) is 17.4 Å². The maximum atomic E-state index is 13.0. The summed E-state index contributed by atoms with van der Waals surface area (Å²) in [5, 5.41) is 12.1. The minimum atomic E-state index is -5.18. The highest BCUT2D eigenvalue weighted by Crippen LogP contribution is 2.25. The molecule has 3 rings (SSSR count). The molecule has 2 aromatic heterocycles. The maximum absolute atomic E-state index is 13.0. The molecule has 14 heteroatoms. The van der Waals surface area contributed by atoms with E-state index < -0.39 is 36.2 Å². The first-order chi connectivity index (χ1) is 15.1. The second-order valence-corrected chi connectivity index (χ2v) is 6.87. The third-order valence-corrected chi connectivity index (χ3v) is 4.88. The van der Waals surface area contributed by atoms with Crippen molar-refractivity contribution in [2.75, 3.05) is 31.1 Å². The van der Waals surface area contributed by atoms with E-state index >= 15 is 0 Å². The summed E-state index contributed by atoms with van der Waals surface area (Å²) in [5.74, 6) is 3.11. The van der Waals surface area contributed by atoms with Gasteiger partial charge in [-0.3, -0.25) is 18.5 Å². The van der Waals surface area contributed by atoms with Crippen molar-refractivity contribution in [2.24, 2.45) is 7.05 Å². The minimum Gasteiger partial charge on any atom is -0.433 e. The van der Waals surface area contributed by atoms with Crippen molar-refractivity contribution in [3.8, 4) is 11.8 Å². The number of rotatable bonds is 5. The van der Waals surface area contributed by atoms with Crippen molar-refractivity contribution >= 4 is 23.1 Å². The van der Waals surface area contributed by atoms with Crippen LogP contribution in [0.3, 0.4) is 0 Å². The Labute approximate surface area is 179 Å². The molecule has 1 unspecified atom stereocenters. The monoisotopic (exact) mass is 458 g/mol. The molecular formula is C18H21F3N6O5. The van der Waals surface area contributed by atoms with Crippen molar-refractivity contribution in [1.29, 1.82) is 0 Å². The Morgan fingerprint density at radius 2 is 2.06 bits per heavy atom. The van der Waals surface area contributed by atoms with Gasteiger partial charge in [0.25, 0.3) is 5.56 Å². The largest absolute Gasteiger partial charge is 0.491 e. The molecule has 1 aliphatic heterocycles. The number of hydrogen-bond donors (Lipinski definition) is 2. The Kier molecular flexibility index (Phi) is 6.60. The number of aliphatic hydroxyl groups is 1. The second kappa shape index (κ2) is 9.05. The van der Waals surface area contributed by atoms with Crippen LogP contribution in [0.25, 0.3) is 11.2 Å². The lowest BCUT2D eigenvalue weighted by atomic mass is 10.3. The fourth-order valence-corrected chi connectivity index (χ4v) is 3.39. The molecule has 0 spiro atoms. The summed E-state index contributed by atoms with van der Waals surface area (Å²) in [6.07, 6.45) is -6.54. The molecule has 1 atom stereocenters. The molecule has 174 valence electrons. The van der Waals surface area contributed by atoms with Crippen LogP contribution in [-0.4, -0.2) is 68.4 Å². The molecule has 32 heavy (non-hydrogen) atoms. The molecular weight excluding hydrogens is 437 g/mol. The Balaban J connectivity index is 2.21. The summed E-state index contributed by atoms with van der Waals surface area (Å²) >= 11 is 0. The lowest BCUT2D eigenvalue weighted by molar-refractivity contribution is -0.205. The second-order valence-electron chi connectivity index (χ2n) is 6.87. The number of aromatic nitrogens is 4. The van der Waals surface area contributed by atoms with E-state index in [4.69, 9.17) is 0 Å². The van der Waals surface area contributed by atoms with Crippen LogP contribution < -0.4 is 21.5 Å². The minimum absolute atomic E-state index is 0.0125. The normalized spacial score (nSPS) is 16.7. The highest BCUT2D eigenvalue weighted by molar-refractivity contribution is 5.77. The number of halogens is 3. The third kappa shape index (κ3) is 4.21. The summed E-state index contributed by atoms with van der Waals surface area (Å²) in [6.45, 7) is 1.15. The number of carbonyl (C=O) groups excluding carboxylic acids is 1. The van der Waals surface area contributed by atoms with E-state index in [1.165, 1.54) is 16.5 Å². The number of piperazine rings is 1. The van der Waals surface area contributed by atoms with Gasteiger partial charge in [-0.1, -0.05) is 5.92 Å². The summed E-state index contributed by atoms with van der Waals surface area (Å²) in [4.78, 5) is 42.7. The first kappa shape index (κ1) is 23.4.